The second-order valence-electron chi connectivity index (χ2n) is 6.42. The van der Waals surface area contributed by atoms with E-state index >= 15 is 0 Å². The summed E-state index contributed by atoms with van der Waals surface area (Å²) in [6.07, 6.45) is 1.60. The number of carbonyl (C=O) groups is 2. The summed E-state index contributed by atoms with van der Waals surface area (Å²) in [6.45, 7) is 10.4. The number of carbonyl (C=O) groups excluding carboxylic acids is 1. The van der Waals surface area contributed by atoms with Gasteiger partial charge in [-0.3, -0.25) is 9.59 Å². The Balaban J connectivity index is 4.05. The van der Waals surface area contributed by atoms with Crippen LogP contribution in [0.1, 0.15) is 60.3 Å². The van der Waals surface area contributed by atoms with Gasteiger partial charge in [-0.15, -0.1) is 0 Å². The summed E-state index contributed by atoms with van der Waals surface area (Å²) in [4.78, 5) is 21.9. The highest BCUT2D eigenvalue weighted by molar-refractivity contribution is 5.77. The molecule has 0 aliphatic rings. The molecule has 0 heterocycles. The Morgan fingerprint density at radius 2 is 1.59 bits per heavy atom. The molecule has 0 rings (SSSR count). The van der Waals surface area contributed by atoms with Gasteiger partial charge in [0.1, 0.15) is 0 Å². The maximum atomic E-state index is 11.6. The molecule has 0 aromatic carbocycles. The number of hydrogen-bond acceptors (Lipinski definition) is 2. The topological polar surface area (TPSA) is 66.4 Å². The molecule has 0 bridgehead atoms. The SMILES string of the molecule is CC(C)(C)CC(C)(C)NC(=O)CCCC(=O)O. The lowest BCUT2D eigenvalue weighted by molar-refractivity contribution is -0.137. The van der Waals surface area contributed by atoms with E-state index in [0.717, 1.165) is 6.42 Å². The molecule has 0 radical (unpaired) electrons. The van der Waals surface area contributed by atoms with E-state index in [4.69, 9.17) is 5.11 Å². The minimum Gasteiger partial charge on any atom is -0.481 e. The van der Waals surface area contributed by atoms with Gasteiger partial charge in [-0.25, -0.2) is 0 Å². The van der Waals surface area contributed by atoms with Crippen LogP contribution in [-0.4, -0.2) is 22.5 Å². The first-order valence-electron chi connectivity index (χ1n) is 6.05. The molecule has 0 unspecified atom stereocenters. The number of nitrogens with one attached hydrogen (secondary N) is 1. The lowest BCUT2D eigenvalue weighted by atomic mass is 9.82. The maximum absolute atomic E-state index is 11.6. The van der Waals surface area contributed by atoms with Crippen molar-refractivity contribution >= 4 is 11.9 Å². The number of aliphatic carboxylic acids is 1. The summed E-state index contributed by atoms with van der Waals surface area (Å²) in [5.41, 5.74) is -0.101. The molecule has 0 spiro atoms. The number of hydrogen-bond donors (Lipinski definition) is 2. The van der Waals surface area contributed by atoms with Crippen LogP contribution in [0.5, 0.6) is 0 Å². The van der Waals surface area contributed by atoms with Crippen molar-refractivity contribution in [1.82, 2.24) is 5.32 Å². The van der Waals surface area contributed by atoms with Gasteiger partial charge >= 0.3 is 5.97 Å². The molecule has 0 fully saturated rings. The molecular weight excluding hydrogens is 218 g/mol. The van der Waals surface area contributed by atoms with Crippen LogP contribution < -0.4 is 5.32 Å². The van der Waals surface area contributed by atoms with Gasteiger partial charge < -0.3 is 10.4 Å². The predicted molar refractivity (Wildman–Crippen MR) is 67.8 cm³/mol. The lowest BCUT2D eigenvalue weighted by Gasteiger charge is -2.33. The Labute approximate surface area is 104 Å². The minimum absolute atomic E-state index is 0.0487. The summed E-state index contributed by atoms with van der Waals surface area (Å²) in [7, 11) is 0. The van der Waals surface area contributed by atoms with Crippen molar-refractivity contribution in [2.24, 2.45) is 5.41 Å². The van der Waals surface area contributed by atoms with Crippen LogP contribution in [0.4, 0.5) is 0 Å². The maximum Gasteiger partial charge on any atom is 0.303 e. The molecule has 0 aromatic rings. The van der Waals surface area contributed by atoms with Gasteiger partial charge in [0.15, 0.2) is 0 Å². The molecule has 1 amide bonds. The first-order valence-corrected chi connectivity index (χ1v) is 6.05. The summed E-state index contributed by atoms with van der Waals surface area (Å²) in [5.74, 6) is -0.924. The Bertz CT molecular complexity index is 277. The fraction of sp³-hybridized carbons (Fsp3) is 0.846. The first-order chi connectivity index (χ1) is 7.52. The van der Waals surface area contributed by atoms with Crippen molar-refractivity contribution in [3.8, 4) is 0 Å². The van der Waals surface area contributed by atoms with Crippen LogP contribution in [-0.2, 0) is 9.59 Å². The van der Waals surface area contributed by atoms with Crippen LogP contribution in [0.25, 0.3) is 0 Å². The van der Waals surface area contributed by atoms with E-state index < -0.39 is 5.97 Å². The summed E-state index contributed by atoms with van der Waals surface area (Å²) in [6, 6.07) is 0. The van der Waals surface area contributed by atoms with E-state index in [1.54, 1.807) is 0 Å². The molecule has 100 valence electrons. The molecule has 0 saturated heterocycles. The Kier molecular flexibility index (Phi) is 5.66. The minimum atomic E-state index is -0.855. The second-order valence-corrected chi connectivity index (χ2v) is 6.42. The molecule has 0 aliphatic carbocycles. The standard InChI is InChI=1S/C13H25NO3/c1-12(2,3)9-13(4,5)14-10(15)7-6-8-11(16)17/h6-9H2,1-5H3,(H,14,15)(H,16,17). The zero-order valence-corrected chi connectivity index (χ0v) is 11.6. The number of carboxylic acid groups (broad SMARTS) is 1. The van der Waals surface area contributed by atoms with Gasteiger partial charge in [-0.2, -0.15) is 0 Å². The fourth-order valence-corrected chi connectivity index (χ4v) is 2.21. The van der Waals surface area contributed by atoms with Crippen molar-refractivity contribution in [1.29, 1.82) is 0 Å². The smallest absolute Gasteiger partial charge is 0.303 e. The van der Waals surface area contributed by atoms with Crippen molar-refractivity contribution in [2.75, 3.05) is 0 Å². The molecule has 0 aromatic heterocycles. The average Bonchev–Trinajstić information content (AvgIpc) is 1.95. The number of carboxylic acids is 1. The van der Waals surface area contributed by atoms with Crippen molar-refractivity contribution in [2.45, 2.75) is 65.8 Å². The van der Waals surface area contributed by atoms with Crippen molar-refractivity contribution in [3.05, 3.63) is 0 Å². The quantitative estimate of drug-likeness (QED) is 0.753. The van der Waals surface area contributed by atoms with Crippen molar-refractivity contribution < 1.29 is 14.7 Å². The Morgan fingerprint density at radius 3 is 2.00 bits per heavy atom. The van der Waals surface area contributed by atoms with Gasteiger partial charge in [0.2, 0.25) is 5.91 Å². The van der Waals surface area contributed by atoms with E-state index in [-0.39, 0.29) is 29.7 Å². The molecule has 0 atom stereocenters. The zero-order chi connectivity index (χ0) is 13.7. The van der Waals surface area contributed by atoms with Gasteiger partial charge in [-0.1, -0.05) is 20.8 Å². The molecule has 0 aliphatic heterocycles. The fourth-order valence-electron chi connectivity index (χ4n) is 2.21. The normalized spacial score (nSPS) is 12.3. The van der Waals surface area contributed by atoms with Gasteiger partial charge in [-0.05, 0) is 32.1 Å². The van der Waals surface area contributed by atoms with Crippen LogP contribution in [0.3, 0.4) is 0 Å². The van der Waals surface area contributed by atoms with Crippen LogP contribution in [0.15, 0.2) is 0 Å². The summed E-state index contributed by atoms with van der Waals surface area (Å²) in [5, 5.41) is 11.4. The molecular formula is C13H25NO3. The zero-order valence-electron chi connectivity index (χ0n) is 11.6. The van der Waals surface area contributed by atoms with Gasteiger partial charge in [0, 0.05) is 18.4 Å². The van der Waals surface area contributed by atoms with Crippen LogP contribution in [0.2, 0.25) is 0 Å². The third-order valence-corrected chi connectivity index (χ3v) is 2.24. The van der Waals surface area contributed by atoms with E-state index in [9.17, 15) is 9.59 Å². The van der Waals surface area contributed by atoms with Crippen molar-refractivity contribution in [3.63, 3.8) is 0 Å². The largest absolute Gasteiger partial charge is 0.481 e. The second kappa shape index (κ2) is 6.03. The third-order valence-electron chi connectivity index (χ3n) is 2.24. The summed E-state index contributed by atoms with van der Waals surface area (Å²) >= 11 is 0. The van der Waals surface area contributed by atoms with E-state index in [1.807, 2.05) is 13.8 Å². The lowest BCUT2D eigenvalue weighted by Crippen LogP contribution is -2.45. The molecule has 4 heteroatoms. The van der Waals surface area contributed by atoms with E-state index in [2.05, 4.69) is 26.1 Å². The van der Waals surface area contributed by atoms with Crippen LogP contribution in [0, 0.1) is 5.41 Å². The number of amides is 1. The first kappa shape index (κ1) is 15.9. The molecule has 2 N–H and O–H groups in total. The predicted octanol–water partition coefficient (Wildman–Crippen LogP) is 2.57. The molecule has 4 nitrogen and oxygen atoms in total. The van der Waals surface area contributed by atoms with Gasteiger partial charge in [0.25, 0.3) is 0 Å². The highest BCUT2D eigenvalue weighted by atomic mass is 16.4. The highest BCUT2D eigenvalue weighted by Crippen LogP contribution is 2.26. The van der Waals surface area contributed by atoms with E-state index in [1.165, 1.54) is 0 Å². The highest BCUT2D eigenvalue weighted by Gasteiger charge is 2.26. The Hall–Kier alpha value is -1.06. The van der Waals surface area contributed by atoms with E-state index in [0.29, 0.717) is 6.42 Å². The summed E-state index contributed by atoms with van der Waals surface area (Å²) < 4.78 is 0. The van der Waals surface area contributed by atoms with Gasteiger partial charge in [0.05, 0.1) is 0 Å². The molecule has 17 heavy (non-hydrogen) atoms. The van der Waals surface area contributed by atoms with Crippen LogP contribution >= 0.6 is 0 Å². The average molecular weight is 243 g/mol. The monoisotopic (exact) mass is 243 g/mol. The number of rotatable bonds is 6. The molecule has 0 saturated carbocycles. The Morgan fingerprint density at radius 1 is 1.06 bits per heavy atom. The third kappa shape index (κ3) is 9.85.